The Kier molecular flexibility index (Phi) is 8.28. The highest BCUT2D eigenvalue weighted by molar-refractivity contribution is 8.00. The Balaban J connectivity index is 1.40. The van der Waals surface area contributed by atoms with Crippen LogP contribution in [0.2, 0.25) is 10.0 Å². The SMILES string of the molecule is CCC(Sc1cccc(NC(=O)c2cccs2)c1)C(=O)Nc1nc(-c2ccc(Cl)c(Cl)c2)cs1. The Hall–Kier alpha value is -2.36. The summed E-state index contributed by atoms with van der Waals surface area (Å²) >= 11 is 16.3. The topological polar surface area (TPSA) is 71.1 Å². The van der Waals surface area contributed by atoms with Crippen LogP contribution >= 0.6 is 57.6 Å². The number of thiazole rings is 1. The van der Waals surface area contributed by atoms with E-state index in [2.05, 4.69) is 15.6 Å². The zero-order valence-electron chi connectivity index (χ0n) is 17.9. The molecule has 4 aromatic rings. The molecule has 0 radical (unpaired) electrons. The summed E-state index contributed by atoms with van der Waals surface area (Å²) in [5, 5.41) is 10.7. The second-order valence-electron chi connectivity index (χ2n) is 7.13. The molecule has 0 spiro atoms. The number of carbonyl (C=O) groups excluding carboxylic acids is 2. The van der Waals surface area contributed by atoms with Crippen LogP contribution in [0, 0.1) is 0 Å². The summed E-state index contributed by atoms with van der Waals surface area (Å²) < 4.78 is 0. The van der Waals surface area contributed by atoms with Crippen molar-refractivity contribution in [2.24, 2.45) is 0 Å². The standard InChI is InChI=1S/C24H19Cl2N3O2S3/c1-2-20(34-16-6-3-5-15(12-16)27-23(31)21-7-4-10-32-21)22(30)29-24-28-19(13-33-24)14-8-9-17(25)18(26)11-14/h3-13,20H,2H2,1H3,(H,27,31)(H,28,29,30). The van der Waals surface area contributed by atoms with Crippen LogP contribution < -0.4 is 10.6 Å². The normalized spacial score (nSPS) is 11.7. The molecule has 174 valence electrons. The van der Waals surface area contributed by atoms with E-state index >= 15 is 0 Å². The van der Waals surface area contributed by atoms with Crippen molar-refractivity contribution in [1.29, 1.82) is 0 Å². The largest absolute Gasteiger partial charge is 0.321 e. The van der Waals surface area contributed by atoms with Crippen LogP contribution in [0.1, 0.15) is 23.0 Å². The molecule has 4 rings (SSSR count). The van der Waals surface area contributed by atoms with Crippen LogP contribution in [0.25, 0.3) is 11.3 Å². The number of thiophene rings is 1. The van der Waals surface area contributed by atoms with Gasteiger partial charge >= 0.3 is 0 Å². The molecule has 0 aliphatic heterocycles. The van der Waals surface area contributed by atoms with Crippen LogP contribution in [-0.2, 0) is 4.79 Å². The number of hydrogen-bond acceptors (Lipinski definition) is 6. The van der Waals surface area contributed by atoms with E-state index in [0.29, 0.717) is 37.9 Å². The molecule has 0 aliphatic carbocycles. The van der Waals surface area contributed by atoms with E-state index in [4.69, 9.17) is 23.2 Å². The number of halogens is 2. The maximum Gasteiger partial charge on any atom is 0.265 e. The molecular formula is C24H19Cl2N3O2S3. The van der Waals surface area contributed by atoms with Gasteiger partial charge in [-0.2, -0.15) is 0 Å². The number of carbonyl (C=O) groups is 2. The molecule has 2 aromatic heterocycles. The monoisotopic (exact) mass is 547 g/mol. The lowest BCUT2D eigenvalue weighted by atomic mass is 10.2. The molecule has 1 atom stereocenters. The number of aromatic nitrogens is 1. The van der Waals surface area contributed by atoms with Gasteiger partial charge in [-0.25, -0.2) is 4.98 Å². The fraction of sp³-hybridized carbons (Fsp3) is 0.125. The van der Waals surface area contributed by atoms with Gasteiger partial charge in [0.1, 0.15) is 0 Å². The van der Waals surface area contributed by atoms with Gasteiger partial charge in [0.25, 0.3) is 5.91 Å². The second-order valence-corrected chi connectivity index (χ2v) is 11.0. The molecular weight excluding hydrogens is 529 g/mol. The number of benzene rings is 2. The summed E-state index contributed by atoms with van der Waals surface area (Å²) in [6.45, 7) is 1.96. The Bertz CT molecular complexity index is 1310. The molecule has 2 N–H and O–H groups in total. The molecule has 0 fully saturated rings. The van der Waals surface area contributed by atoms with Gasteiger partial charge in [0.05, 0.1) is 25.9 Å². The van der Waals surface area contributed by atoms with Crippen LogP contribution in [0.15, 0.2) is 70.3 Å². The minimum absolute atomic E-state index is 0.129. The maximum absolute atomic E-state index is 12.9. The Morgan fingerprint density at radius 1 is 1.03 bits per heavy atom. The van der Waals surface area contributed by atoms with Crippen LogP contribution in [0.5, 0.6) is 0 Å². The van der Waals surface area contributed by atoms with Crippen molar-refractivity contribution in [2.75, 3.05) is 10.6 Å². The molecule has 10 heteroatoms. The van der Waals surface area contributed by atoms with Crippen LogP contribution in [0.4, 0.5) is 10.8 Å². The zero-order valence-corrected chi connectivity index (χ0v) is 21.8. The van der Waals surface area contributed by atoms with Crippen molar-refractivity contribution in [2.45, 2.75) is 23.5 Å². The van der Waals surface area contributed by atoms with E-state index in [-0.39, 0.29) is 17.1 Å². The first-order valence-corrected chi connectivity index (χ1v) is 13.7. The maximum atomic E-state index is 12.9. The van der Waals surface area contributed by atoms with Crippen LogP contribution in [0.3, 0.4) is 0 Å². The first kappa shape index (κ1) is 24.8. The molecule has 2 aromatic carbocycles. The highest BCUT2D eigenvalue weighted by Crippen LogP contribution is 2.32. The number of anilines is 2. The van der Waals surface area contributed by atoms with E-state index in [0.717, 1.165) is 10.5 Å². The third-order valence-corrected chi connectivity index (χ3v) is 8.45. The molecule has 0 bridgehead atoms. The Morgan fingerprint density at radius 2 is 1.88 bits per heavy atom. The quantitative estimate of drug-likeness (QED) is 0.219. The summed E-state index contributed by atoms with van der Waals surface area (Å²) in [6, 6.07) is 16.4. The lowest BCUT2D eigenvalue weighted by Gasteiger charge is -2.14. The lowest BCUT2D eigenvalue weighted by Crippen LogP contribution is -2.24. The zero-order chi connectivity index (χ0) is 24.1. The summed E-state index contributed by atoms with van der Waals surface area (Å²) in [4.78, 5) is 31.3. The lowest BCUT2D eigenvalue weighted by molar-refractivity contribution is -0.115. The van der Waals surface area contributed by atoms with Gasteiger partial charge in [-0.1, -0.05) is 48.3 Å². The molecule has 2 heterocycles. The van der Waals surface area contributed by atoms with E-state index in [1.54, 1.807) is 18.2 Å². The number of nitrogens with one attached hydrogen (secondary N) is 2. The van der Waals surface area contributed by atoms with Crippen molar-refractivity contribution in [3.05, 3.63) is 80.3 Å². The van der Waals surface area contributed by atoms with Crippen LogP contribution in [-0.4, -0.2) is 22.0 Å². The van der Waals surface area contributed by atoms with Gasteiger partial charge < -0.3 is 10.6 Å². The first-order chi connectivity index (χ1) is 16.4. The fourth-order valence-corrected chi connectivity index (χ4v) is 5.69. The van der Waals surface area contributed by atoms with Crippen molar-refractivity contribution in [1.82, 2.24) is 4.98 Å². The summed E-state index contributed by atoms with van der Waals surface area (Å²) in [5.74, 6) is -0.279. The molecule has 0 saturated heterocycles. The van der Waals surface area contributed by atoms with E-state index in [1.807, 2.05) is 54.1 Å². The molecule has 34 heavy (non-hydrogen) atoms. The highest BCUT2D eigenvalue weighted by Gasteiger charge is 2.20. The Labute approximate surface area is 219 Å². The third-order valence-electron chi connectivity index (χ3n) is 4.73. The molecule has 0 aliphatic rings. The van der Waals surface area contributed by atoms with E-state index in [1.165, 1.54) is 34.4 Å². The van der Waals surface area contributed by atoms with Gasteiger partial charge in [-0.15, -0.1) is 34.4 Å². The van der Waals surface area contributed by atoms with Gasteiger partial charge in [0.2, 0.25) is 5.91 Å². The number of amides is 2. The van der Waals surface area contributed by atoms with Gasteiger partial charge in [0.15, 0.2) is 5.13 Å². The number of nitrogens with zero attached hydrogens (tertiary/aromatic N) is 1. The molecule has 0 saturated carbocycles. The number of thioether (sulfide) groups is 1. The van der Waals surface area contributed by atoms with Crippen molar-refractivity contribution >= 4 is 80.3 Å². The predicted octanol–water partition coefficient (Wildman–Crippen LogP) is 7.94. The summed E-state index contributed by atoms with van der Waals surface area (Å²) in [6.07, 6.45) is 0.632. The fourth-order valence-electron chi connectivity index (χ4n) is 3.04. The van der Waals surface area contributed by atoms with E-state index in [9.17, 15) is 9.59 Å². The van der Waals surface area contributed by atoms with Crippen molar-refractivity contribution in [3.63, 3.8) is 0 Å². The highest BCUT2D eigenvalue weighted by atomic mass is 35.5. The van der Waals surface area contributed by atoms with Crippen molar-refractivity contribution < 1.29 is 9.59 Å². The number of hydrogen-bond donors (Lipinski definition) is 2. The summed E-state index contributed by atoms with van der Waals surface area (Å²) in [7, 11) is 0. The van der Waals surface area contributed by atoms with Gasteiger partial charge in [-0.3, -0.25) is 9.59 Å². The third kappa shape index (κ3) is 6.20. The average molecular weight is 549 g/mol. The first-order valence-electron chi connectivity index (χ1n) is 10.3. The van der Waals surface area contributed by atoms with E-state index < -0.39 is 0 Å². The predicted molar refractivity (Wildman–Crippen MR) is 145 cm³/mol. The minimum atomic E-state index is -0.319. The smallest absolute Gasteiger partial charge is 0.265 e. The Morgan fingerprint density at radius 3 is 2.62 bits per heavy atom. The van der Waals surface area contributed by atoms with Gasteiger partial charge in [0, 0.05) is 21.5 Å². The number of rotatable bonds is 8. The van der Waals surface area contributed by atoms with Crippen molar-refractivity contribution in [3.8, 4) is 11.3 Å². The average Bonchev–Trinajstić information content (AvgIpc) is 3.52. The summed E-state index contributed by atoms with van der Waals surface area (Å²) in [5.41, 5.74) is 2.23. The second kappa shape index (κ2) is 11.4. The molecule has 5 nitrogen and oxygen atoms in total. The molecule has 1 unspecified atom stereocenters. The molecule has 2 amide bonds. The van der Waals surface area contributed by atoms with Gasteiger partial charge in [-0.05, 0) is 48.2 Å². The minimum Gasteiger partial charge on any atom is -0.321 e.